The zero-order chi connectivity index (χ0) is 14.8. The minimum absolute atomic E-state index is 0.173. The highest BCUT2D eigenvalue weighted by Crippen LogP contribution is 2.25. The van der Waals surface area contributed by atoms with Gasteiger partial charge in [-0.1, -0.05) is 53.5 Å². The Bertz CT molecular complexity index is 843. The first kappa shape index (κ1) is 13.9. The van der Waals surface area contributed by atoms with Gasteiger partial charge in [0.2, 0.25) is 0 Å². The van der Waals surface area contributed by atoms with Crippen molar-refractivity contribution in [2.24, 2.45) is 0 Å². The summed E-state index contributed by atoms with van der Waals surface area (Å²) in [5.41, 5.74) is 2.19. The summed E-state index contributed by atoms with van der Waals surface area (Å²) >= 11 is 12.0. The number of phenolic OH excluding ortho intramolecular Hbond substituents is 1. The van der Waals surface area contributed by atoms with Crippen LogP contribution < -0.4 is 0 Å². The largest absolute Gasteiger partial charge is 0.506 e. The Kier molecular flexibility index (Phi) is 3.82. The van der Waals surface area contributed by atoms with Gasteiger partial charge >= 0.3 is 0 Å². The number of phenols is 1. The molecule has 2 aromatic carbocycles. The van der Waals surface area contributed by atoms with Crippen LogP contribution >= 0.6 is 23.2 Å². The van der Waals surface area contributed by atoms with Crippen molar-refractivity contribution in [3.63, 3.8) is 0 Å². The van der Waals surface area contributed by atoms with Crippen LogP contribution in [0.1, 0.15) is 11.3 Å². The number of aromatic hydroxyl groups is 1. The predicted octanol–water partition coefficient (Wildman–Crippen LogP) is 5.42. The van der Waals surface area contributed by atoms with Crippen molar-refractivity contribution in [2.75, 3.05) is 0 Å². The van der Waals surface area contributed by atoms with Crippen LogP contribution in [0.15, 0.2) is 48.5 Å². The van der Waals surface area contributed by atoms with E-state index in [1.54, 1.807) is 24.3 Å². The fraction of sp³-hybridized carbons (Fsp3) is 0. The summed E-state index contributed by atoms with van der Waals surface area (Å²) in [5.74, 6) is 0.173. The first-order chi connectivity index (χ1) is 10.1. The van der Waals surface area contributed by atoms with Crippen LogP contribution in [-0.2, 0) is 0 Å². The van der Waals surface area contributed by atoms with Crippen molar-refractivity contribution in [1.82, 2.24) is 4.98 Å². The highest BCUT2D eigenvalue weighted by molar-refractivity contribution is 6.35. The summed E-state index contributed by atoms with van der Waals surface area (Å²) in [6, 6.07) is 14.5. The van der Waals surface area contributed by atoms with Crippen molar-refractivity contribution in [1.29, 1.82) is 0 Å². The molecule has 104 valence electrons. The normalized spacial score (nSPS) is 11.3. The van der Waals surface area contributed by atoms with E-state index in [4.69, 9.17) is 23.2 Å². The van der Waals surface area contributed by atoms with Gasteiger partial charge < -0.3 is 5.11 Å². The topological polar surface area (TPSA) is 33.1 Å². The first-order valence-electron chi connectivity index (χ1n) is 6.35. The second kappa shape index (κ2) is 5.76. The Morgan fingerprint density at radius 1 is 0.952 bits per heavy atom. The molecule has 0 amide bonds. The van der Waals surface area contributed by atoms with E-state index < -0.39 is 0 Å². The zero-order valence-electron chi connectivity index (χ0n) is 10.9. The average molecular weight is 316 g/mol. The summed E-state index contributed by atoms with van der Waals surface area (Å²) in [4.78, 5) is 4.43. The Morgan fingerprint density at radius 3 is 2.62 bits per heavy atom. The molecule has 3 aromatic rings. The van der Waals surface area contributed by atoms with Crippen LogP contribution in [0.3, 0.4) is 0 Å². The molecule has 4 heteroatoms. The molecule has 3 rings (SSSR count). The SMILES string of the molecule is Oc1cccc2ccc(C=Cc3ccc(Cl)cc3Cl)nc12. The molecule has 0 radical (unpaired) electrons. The number of hydrogen-bond donors (Lipinski definition) is 1. The monoisotopic (exact) mass is 315 g/mol. The van der Waals surface area contributed by atoms with Gasteiger partial charge in [-0.3, -0.25) is 0 Å². The molecule has 0 fully saturated rings. The number of hydrogen-bond acceptors (Lipinski definition) is 2. The molecule has 0 atom stereocenters. The maximum Gasteiger partial charge on any atom is 0.141 e. The third-order valence-electron chi connectivity index (χ3n) is 3.12. The van der Waals surface area contributed by atoms with Crippen LogP contribution in [0.5, 0.6) is 5.75 Å². The summed E-state index contributed by atoms with van der Waals surface area (Å²) in [6.45, 7) is 0. The van der Waals surface area contributed by atoms with Crippen LogP contribution in [0.2, 0.25) is 10.0 Å². The van der Waals surface area contributed by atoms with Gasteiger partial charge in [0, 0.05) is 15.4 Å². The van der Waals surface area contributed by atoms with E-state index in [0.717, 1.165) is 16.6 Å². The molecule has 0 spiro atoms. The fourth-order valence-electron chi connectivity index (χ4n) is 2.05. The third-order valence-corrected chi connectivity index (χ3v) is 3.68. The lowest BCUT2D eigenvalue weighted by Gasteiger charge is -2.02. The summed E-state index contributed by atoms with van der Waals surface area (Å²) in [5, 5.41) is 11.9. The van der Waals surface area contributed by atoms with Crippen molar-refractivity contribution in [2.45, 2.75) is 0 Å². The molecule has 0 saturated carbocycles. The predicted molar refractivity (Wildman–Crippen MR) is 88.8 cm³/mol. The summed E-state index contributed by atoms with van der Waals surface area (Å²) in [7, 11) is 0. The molecule has 0 bridgehead atoms. The average Bonchev–Trinajstić information content (AvgIpc) is 2.47. The van der Waals surface area contributed by atoms with Crippen molar-refractivity contribution < 1.29 is 5.11 Å². The fourth-order valence-corrected chi connectivity index (χ4v) is 2.52. The van der Waals surface area contributed by atoms with Gasteiger partial charge in [0.25, 0.3) is 0 Å². The molecule has 1 N–H and O–H groups in total. The number of pyridine rings is 1. The Balaban J connectivity index is 1.97. The number of nitrogens with zero attached hydrogens (tertiary/aromatic N) is 1. The molecule has 21 heavy (non-hydrogen) atoms. The lowest BCUT2D eigenvalue weighted by molar-refractivity contribution is 0.480. The van der Waals surface area contributed by atoms with Crippen LogP contribution in [0, 0.1) is 0 Å². The van der Waals surface area contributed by atoms with Gasteiger partial charge in [0.05, 0.1) is 5.69 Å². The highest BCUT2D eigenvalue weighted by atomic mass is 35.5. The van der Waals surface area contributed by atoms with Crippen LogP contribution in [0.25, 0.3) is 23.1 Å². The lowest BCUT2D eigenvalue weighted by atomic mass is 10.1. The number of para-hydroxylation sites is 1. The number of benzene rings is 2. The second-order valence-electron chi connectivity index (χ2n) is 4.58. The van der Waals surface area contributed by atoms with E-state index in [9.17, 15) is 5.11 Å². The summed E-state index contributed by atoms with van der Waals surface area (Å²) < 4.78 is 0. The van der Waals surface area contributed by atoms with Gasteiger partial charge in [0.15, 0.2) is 0 Å². The molecular weight excluding hydrogens is 305 g/mol. The van der Waals surface area contributed by atoms with Gasteiger partial charge in [-0.15, -0.1) is 0 Å². The van der Waals surface area contributed by atoms with E-state index in [-0.39, 0.29) is 5.75 Å². The number of aromatic nitrogens is 1. The number of fused-ring (bicyclic) bond motifs is 1. The molecule has 0 aliphatic carbocycles. The molecule has 1 aromatic heterocycles. The minimum Gasteiger partial charge on any atom is -0.506 e. The van der Waals surface area contributed by atoms with Crippen molar-refractivity contribution in [3.05, 3.63) is 69.8 Å². The minimum atomic E-state index is 0.173. The maximum atomic E-state index is 9.83. The molecule has 1 heterocycles. The van der Waals surface area contributed by atoms with Gasteiger partial charge in [-0.05, 0) is 35.9 Å². The zero-order valence-corrected chi connectivity index (χ0v) is 12.4. The van der Waals surface area contributed by atoms with E-state index in [1.165, 1.54) is 0 Å². The van der Waals surface area contributed by atoms with E-state index in [0.29, 0.717) is 15.6 Å². The van der Waals surface area contributed by atoms with Crippen LogP contribution in [0.4, 0.5) is 0 Å². The van der Waals surface area contributed by atoms with Crippen molar-refractivity contribution >= 4 is 46.3 Å². The third kappa shape index (κ3) is 3.02. The molecule has 0 aliphatic heterocycles. The standard InChI is InChI=1S/C17H11Cl2NO/c18-13-7-4-11(15(19)10-13)5-8-14-9-6-12-2-1-3-16(21)17(12)20-14/h1-10,21H. The molecule has 0 aliphatic rings. The van der Waals surface area contributed by atoms with Gasteiger partial charge in [0.1, 0.15) is 11.3 Å². The van der Waals surface area contributed by atoms with Crippen LogP contribution in [-0.4, -0.2) is 10.1 Å². The van der Waals surface area contributed by atoms with E-state index in [1.807, 2.05) is 36.4 Å². The molecular formula is C17H11Cl2NO. The Morgan fingerprint density at radius 2 is 1.81 bits per heavy atom. The summed E-state index contributed by atoms with van der Waals surface area (Å²) in [6.07, 6.45) is 3.72. The first-order valence-corrected chi connectivity index (χ1v) is 7.11. The smallest absolute Gasteiger partial charge is 0.141 e. The lowest BCUT2D eigenvalue weighted by Crippen LogP contribution is -1.84. The van der Waals surface area contributed by atoms with Gasteiger partial charge in [-0.2, -0.15) is 0 Å². The van der Waals surface area contributed by atoms with Gasteiger partial charge in [-0.25, -0.2) is 4.98 Å². The quantitative estimate of drug-likeness (QED) is 0.685. The highest BCUT2D eigenvalue weighted by Gasteiger charge is 2.02. The number of halogens is 2. The second-order valence-corrected chi connectivity index (χ2v) is 5.43. The number of rotatable bonds is 2. The van der Waals surface area contributed by atoms with Crippen molar-refractivity contribution in [3.8, 4) is 5.75 Å². The molecule has 0 unspecified atom stereocenters. The van der Waals surface area contributed by atoms with E-state index >= 15 is 0 Å². The molecule has 0 saturated heterocycles. The maximum absolute atomic E-state index is 9.83. The molecule has 2 nitrogen and oxygen atoms in total. The Labute approximate surface area is 132 Å². The Hall–Kier alpha value is -2.03. The van der Waals surface area contributed by atoms with E-state index in [2.05, 4.69) is 4.98 Å².